The van der Waals surface area contributed by atoms with Crippen molar-refractivity contribution in [3.8, 4) is 22.6 Å². The number of benzene rings is 7. The summed E-state index contributed by atoms with van der Waals surface area (Å²) in [6.45, 7) is 18.2. The van der Waals surface area contributed by atoms with Crippen molar-refractivity contribution in [3.05, 3.63) is 211 Å². The Morgan fingerprint density at radius 1 is 0.545 bits per heavy atom. The minimum absolute atomic E-state index is 0. The first kappa shape index (κ1) is 57.9. The molecular weight excluding hydrogens is 1130 g/mol. The molecule has 7 aromatic carbocycles. The van der Waals surface area contributed by atoms with Crippen molar-refractivity contribution in [2.24, 2.45) is 10.8 Å². The molecule has 0 saturated carbocycles. The fourth-order valence-electron chi connectivity index (χ4n) is 9.48. The zero-order valence-electron chi connectivity index (χ0n) is 46.2. The molecule has 0 bridgehead atoms. The summed E-state index contributed by atoms with van der Waals surface area (Å²) in [5.41, 5.74) is 12.2. The minimum Gasteiger partial charge on any atom is -0.393 e. The van der Waals surface area contributed by atoms with E-state index in [-0.39, 0.29) is 49.9 Å². The number of para-hydroxylation sites is 4. The molecular formula is C69H74N3O4Pt-. The van der Waals surface area contributed by atoms with Crippen LogP contribution in [-0.4, -0.2) is 48.1 Å². The van der Waals surface area contributed by atoms with E-state index < -0.39 is 17.6 Å². The maximum atomic E-state index is 12.2. The van der Waals surface area contributed by atoms with E-state index in [4.69, 9.17) is 0 Å². The fraction of sp³-hybridized carbons (Fsp3) is 0.290. The van der Waals surface area contributed by atoms with Crippen LogP contribution in [0.25, 0.3) is 66.2 Å². The van der Waals surface area contributed by atoms with Gasteiger partial charge in [0.05, 0.1) is 40.7 Å². The van der Waals surface area contributed by atoms with E-state index in [1.54, 1.807) is 6.20 Å². The molecule has 0 saturated heterocycles. The Bertz CT molecular complexity index is 3430. The minimum atomic E-state index is -0.495. The van der Waals surface area contributed by atoms with Gasteiger partial charge in [0.15, 0.2) is 0 Å². The number of fused-ring (bicyclic) bond motifs is 6. The molecule has 0 fully saturated rings. The largest absolute Gasteiger partial charge is 0.393 e. The molecule has 8 heteroatoms. The molecule has 10 rings (SSSR count). The molecule has 400 valence electrons. The maximum Gasteiger partial charge on any atom is 0.145 e. The van der Waals surface area contributed by atoms with Gasteiger partial charge in [-0.15, -0.1) is 35.4 Å². The molecule has 3 heterocycles. The van der Waals surface area contributed by atoms with Crippen LogP contribution in [0.1, 0.15) is 105 Å². The van der Waals surface area contributed by atoms with Gasteiger partial charge in [0.2, 0.25) is 0 Å². The van der Waals surface area contributed by atoms with Crippen LogP contribution in [0.15, 0.2) is 188 Å². The van der Waals surface area contributed by atoms with Gasteiger partial charge in [-0.1, -0.05) is 172 Å². The standard InChI is InChI=1S/C27H31NO2.C27H27NO2.C15H16N.Pt/c2*1-27(2,3)26(30)18-21(29)17-14-19-12-15-20(16-13-19)28-24-10-6-4-8-22(24)23-9-5-7-11-25(23)28;1-15(2,3)13-9-7-12(8-10-13)14-6-4-5-11-16-14;/h4-13,15-16,21,26,29-30H,14,17-18H2,1-3H3;4-13,15-16H,14,17-18H2,1-3H3;4-7,9-11H,1-3H3;/q;;-1;. The van der Waals surface area contributed by atoms with Gasteiger partial charge in [0.1, 0.15) is 11.6 Å². The molecule has 77 heavy (non-hydrogen) atoms. The Kier molecular flexibility index (Phi) is 18.9. The summed E-state index contributed by atoms with van der Waals surface area (Å²) in [7, 11) is 0. The Hall–Kier alpha value is -6.76. The predicted octanol–water partition coefficient (Wildman–Crippen LogP) is 16.0. The van der Waals surface area contributed by atoms with Crippen molar-refractivity contribution in [3.63, 3.8) is 0 Å². The van der Waals surface area contributed by atoms with Crippen LogP contribution in [0, 0.1) is 16.9 Å². The topological polar surface area (TPSA) is 97.4 Å². The van der Waals surface area contributed by atoms with Gasteiger partial charge in [-0.25, -0.2) is 0 Å². The van der Waals surface area contributed by atoms with E-state index in [9.17, 15) is 19.8 Å². The molecule has 0 spiro atoms. The first-order valence-electron chi connectivity index (χ1n) is 26.8. The van der Waals surface area contributed by atoms with E-state index in [2.05, 4.69) is 205 Å². The van der Waals surface area contributed by atoms with Crippen LogP contribution >= 0.6 is 0 Å². The van der Waals surface area contributed by atoms with Gasteiger partial charge in [0.25, 0.3) is 0 Å². The van der Waals surface area contributed by atoms with Crippen molar-refractivity contribution in [1.82, 2.24) is 14.1 Å². The number of hydrogen-bond acceptors (Lipinski definition) is 5. The van der Waals surface area contributed by atoms with Crippen LogP contribution < -0.4 is 0 Å². The Morgan fingerprint density at radius 3 is 1.38 bits per heavy atom. The number of nitrogens with zero attached hydrogens (tertiary/aromatic N) is 3. The zero-order chi connectivity index (χ0) is 54.2. The number of aryl methyl sites for hydroxylation is 2. The van der Waals surface area contributed by atoms with Crippen LogP contribution in [0.5, 0.6) is 0 Å². The summed E-state index contributed by atoms with van der Waals surface area (Å²) in [4.78, 5) is 28.6. The third kappa shape index (κ3) is 14.4. The second-order valence-electron chi connectivity index (χ2n) is 23.2. The molecule has 10 aromatic rings. The van der Waals surface area contributed by atoms with Crippen LogP contribution in [0.4, 0.5) is 0 Å². The Morgan fingerprint density at radius 2 is 0.987 bits per heavy atom. The second kappa shape index (κ2) is 25.1. The van der Waals surface area contributed by atoms with E-state index >= 15 is 0 Å². The van der Waals surface area contributed by atoms with Gasteiger partial charge in [0, 0.05) is 72.0 Å². The summed E-state index contributed by atoms with van der Waals surface area (Å²) < 4.78 is 4.59. The molecule has 0 aliphatic carbocycles. The van der Waals surface area contributed by atoms with E-state index in [1.807, 2.05) is 59.7 Å². The van der Waals surface area contributed by atoms with E-state index in [0.29, 0.717) is 25.7 Å². The zero-order valence-corrected chi connectivity index (χ0v) is 48.4. The molecule has 7 nitrogen and oxygen atoms in total. The quantitative estimate of drug-likeness (QED) is 0.0885. The van der Waals surface area contributed by atoms with Crippen molar-refractivity contribution < 1.29 is 40.9 Å². The third-order valence-corrected chi connectivity index (χ3v) is 14.3. The summed E-state index contributed by atoms with van der Waals surface area (Å²) in [6.07, 6.45) is 3.78. The number of carbonyl (C=O) groups is 2. The Labute approximate surface area is 470 Å². The number of ketones is 2. The number of Topliss-reactive ketones (excluding diaryl/α,β-unsaturated/α-hetero) is 2. The number of pyridine rings is 1. The Balaban J connectivity index is 0.000000175. The predicted molar refractivity (Wildman–Crippen MR) is 316 cm³/mol. The van der Waals surface area contributed by atoms with Crippen molar-refractivity contribution >= 4 is 55.2 Å². The van der Waals surface area contributed by atoms with Gasteiger partial charge in [-0.05, 0) is 108 Å². The number of carbonyl (C=O) groups excluding carboxylic acids is 2. The molecule has 2 unspecified atom stereocenters. The smallest absolute Gasteiger partial charge is 0.145 e. The second-order valence-corrected chi connectivity index (χ2v) is 23.2. The average Bonchev–Trinajstić information content (AvgIpc) is 3.99. The molecule has 0 aliphatic heterocycles. The normalized spacial score (nSPS) is 12.6. The van der Waals surface area contributed by atoms with Crippen LogP contribution in [-0.2, 0) is 48.9 Å². The number of rotatable bonds is 13. The monoisotopic (exact) mass is 1200 g/mol. The number of aliphatic hydroxyl groups excluding tert-OH is 2. The van der Waals surface area contributed by atoms with Crippen molar-refractivity contribution in [2.75, 3.05) is 0 Å². The number of aliphatic hydroxyl groups is 2. The van der Waals surface area contributed by atoms with Crippen LogP contribution in [0.2, 0.25) is 0 Å². The fourth-order valence-corrected chi connectivity index (χ4v) is 9.48. The van der Waals surface area contributed by atoms with Crippen LogP contribution in [0.3, 0.4) is 0 Å². The third-order valence-electron chi connectivity index (χ3n) is 14.3. The van der Waals surface area contributed by atoms with E-state index in [0.717, 1.165) is 34.6 Å². The molecule has 0 amide bonds. The van der Waals surface area contributed by atoms with Crippen molar-refractivity contribution in [1.29, 1.82) is 0 Å². The van der Waals surface area contributed by atoms with Gasteiger partial charge in [-0.3, -0.25) is 9.59 Å². The van der Waals surface area contributed by atoms with Gasteiger partial charge in [-0.2, -0.15) is 0 Å². The molecule has 2 N–H and O–H groups in total. The SMILES string of the molecule is CC(C)(C)C(=O)CC(=O)CCc1ccc(-n2c3ccccc3c3ccccc32)cc1.CC(C)(C)C(O)CC(O)CCc1ccc(-n2c3ccccc3c3ccccc32)cc1.CC(C)(C)c1c[c-]c(-c2ccccn2)cc1.[Pt]. The first-order valence-corrected chi connectivity index (χ1v) is 26.8. The van der Waals surface area contributed by atoms with Gasteiger partial charge < -0.3 is 24.3 Å². The summed E-state index contributed by atoms with van der Waals surface area (Å²) in [6, 6.07) is 66.4. The molecule has 0 radical (unpaired) electrons. The molecule has 2 atom stereocenters. The number of aromatic nitrogens is 3. The van der Waals surface area contributed by atoms with Crippen molar-refractivity contribution in [2.45, 2.75) is 118 Å². The first-order chi connectivity index (χ1) is 36.3. The average molecular weight is 1200 g/mol. The summed E-state index contributed by atoms with van der Waals surface area (Å²) in [5, 5.41) is 25.5. The summed E-state index contributed by atoms with van der Waals surface area (Å²) >= 11 is 0. The van der Waals surface area contributed by atoms with Gasteiger partial charge >= 0.3 is 0 Å². The number of hydrogen-bond donors (Lipinski definition) is 2. The molecule has 3 aromatic heterocycles. The summed E-state index contributed by atoms with van der Waals surface area (Å²) in [5.74, 6) is 0.0237. The molecule has 0 aliphatic rings. The van der Waals surface area contributed by atoms with E-state index in [1.165, 1.54) is 54.7 Å². The maximum absolute atomic E-state index is 12.2.